The predicted octanol–water partition coefficient (Wildman–Crippen LogP) is 7.44. The summed E-state index contributed by atoms with van der Waals surface area (Å²) in [6.45, 7) is 18.7. The summed E-state index contributed by atoms with van der Waals surface area (Å²) in [5, 5.41) is 2.36. The van der Waals surface area contributed by atoms with Crippen LogP contribution < -0.4 is 21.1 Å². The van der Waals surface area contributed by atoms with Gasteiger partial charge in [0.25, 0.3) is 6.71 Å². The monoisotopic (exact) mass is 498 g/mol. The number of furan rings is 1. The lowest BCUT2D eigenvalue weighted by atomic mass is 9.30. The summed E-state index contributed by atoms with van der Waals surface area (Å²) in [6.07, 6.45) is 0. The molecule has 3 heterocycles. The van der Waals surface area contributed by atoms with Crippen molar-refractivity contribution in [3.05, 3.63) is 89.0 Å². The largest absolute Gasteiger partial charge is 0.458 e. The lowest BCUT2D eigenvalue weighted by Crippen LogP contribution is -2.63. The SMILES string of the molecule is CC(C)(C)c1ccc2c(c1)B1c3cc4c(cc3C(C)(C)c3c(C(C)(C)C)ccc(c31)O2)oc1ccccc14. The molecule has 0 radical (unpaired) electrons. The Morgan fingerprint density at radius 3 is 2.16 bits per heavy atom. The van der Waals surface area contributed by atoms with Gasteiger partial charge in [-0.25, -0.2) is 0 Å². The van der Waals surface area contributed by atoms with Gasteiger partial charge in [0.1, 0.15) is 22.7 Å². The van der Waals surface area contributed by atoms with Crippen molar-refractivity contribution in [2.75, 3.05) is 0 Å². The van der Waals surface area contributed by atoms with Crippen LogP contribution >= 0.6 is 0 Å². The number of benzene rings is 4. The first-order valence-corrected chi connectivity index (χ1v) is 13.8. The topological polar surface area (TPSA) is 22.4 Å². The number of ether oxygens (including phenoxy) is 1. The third kappa shape index (κ3) is 3.14. The first kappa shape index (κ1) is 23.6. The summed E-state index contributed by atoms with van der Waals surface area (Å²) in [5.41, 5.74) is 11.2. The molecule has 38 heavy (non-hydrogen) atoms. The number of hydrogen-bond acceptors (Lipinski definition) is 2. The normalized spacial score (nSPS) is 15.7. The van der Waals surface area contributed by atoms with Gasteiger partial charge in [-0.2, -0.15) is 0 Å². The van der Waals surface area contributed by atoms with E-state index >= 15 is 0 Å². The van der Waals surface area contributed by atoms with E-state index in [-0.39, 0.29) is 23.0 Å². The molecule has 2 aliphatic rings. The molecule has 4 aromatic carbocycles. The van der Waals surface area contributed by atoms with Crippen molar-refractivity contribution in [1.29, 1.82) is 0 Å². The number of fused-ring (bicyclic) bond motifs is 7. The first-order chi connectivity index (χ1) is 17.9. The van der Waals surface area contributed by atoms with Crippen LogP contribution in [0.4, 0.5) is 0 Å². The van der Waals surface area contributed by atoms with Gasteiger partial charge in [-0.3, -0.25) is 0 Å². The van der Waals surface area contributed by atoms with Gasteiger partial charge in [0.2, 0.25) is 0 Å². The molecule has 3 heteroatoms. The highest BCUT2D eigenvalue weighted by molar-refractivity contribution is 6.98. The van der Waals surface area contributed by atoms with Crippen molar-refractivity contribution in [2.24, 2.45) is 0 Å². The Hall–Kier alpha value is -3.46. The van der Waals surface area contributed by atoms with Crippen molar-refractivity contribution in [3.8, 4) is 11.5 Å². The van der Waals surface area contributed by atoms with Gasteiger partial charge < -0.3 is 9.15 Å². The van der Waals surface area contributed by atoms with Crippen molar-refractivity contribution >= 4 is 45.0 Å². The molecule has 0 saturated heterocycles. The second-order valence-electron chi connectivity index (χ2n) is 13.8. The molecule has 2 nitrogen and oxygen atoms in total. The Morgan fingerprint density at radius 1 is 0.684 bits per heavy atom. The summed E-state index contributed by atoms with van der Waals surface area (Å²) < 4.78 is 13.1. The predicted molar refractivity (Wildman–Crippen MR) is 161 cm³/mol. The first-order valence-electron chi connectivity index (χ1n) is 13.8. The van der Waals surface area contributed by atoms with Crippen molar-refractivity contribution in [1.82, 2.24) is 0 Å². The van der Waals surface area contributed by atoms with Gasteiger partial charge in [0.05, 0.1) is 0 Å². The molecular formula is C35H35BO2. The molecule has 0 N–H and O–H groups in total. The molecule has 0 spiro atoms. The lowest BCUT2D eigenvalue weighted by Gasteiger charge is -2.44. The van der Waals surface area contributed by atoms with E-state index in [0.717, 1.165) is 22.7 Å². The smallest absolute Gasteiger partial charge is 0.251 e. The number of hydrogen-bond donors (Lipinski definition) is 0. The third-order valence-corrected chi connectivity index (χ3v) is 8.87. The zero-order valence-corrected chi connectivity index (χ0v) is 23.7. The third-order valence-electron chi connectivity index (χ3n) is 8.87. The fraction of sp³-hybridized carbons (Fsp3) is 0.314. The van der Waals surface area contributed by atoms with Crippen molar-refractivity contribution in [3.63, 3.8) is 0 Å². The highest BCUT2D eigenvalue weighted by Crippen LogP contribution is 2.45. The molecule has 0 fully saturated rings. The fourth-order valence-corrected chi connectivity index (χ4v) is 6.91. The molecule has 2 aliphatic heterocycles. The Morgan fingerprint density at radius 2 is 1.42 bits per heavy atom. The average molecular weight is 498 g/mol. The lowest BCUT2D eigenvalue weighted by molar-refractivity contribution is 0.479. The van der Waals surface area contributed by atoms with Crippen LogP contribution in [0.2, 0.25) is 0 Å². The van der Waals surface area contributed by atoms with Crippen LogP contribution in [0.1, 0.15) is 77.6 Å². The second-order valence-corrected chi connectivity index (χ2v) is 13.8. The molecular weight excluding hydrogens is 463 g/mol. The Balaban J connectivity index is 1.63. The zero-order chi connectivity index (χ0) is 26.8. The Kier molecular flexibility index (Phi) is 4.57. The van der Waals surface area contributed by atoms with Crippen molar-refractivity contribution in [2.45, 2.75) is 71.6 Å². The van der Waals surface area contributed by atoms with Crippen LogP contribution in [0, 0.1) is 0 Å². The molecule has 0 amide bonds. The van der Waals surface area contributed by atoms with E-state index in [1.807, 2.05) is 0 Å². The minimum Gasteiger partial charge on any atom is -0.458 e. The van der Waals surface area contributed by atoms with E-state index in [9.17, 15) is 0 Å². The van der Waals surface area contributed by atoms with E-state index in [1.165, 1.54) is 49.4 Å². The zero-order valence-electron chi connectivity index (χ0n) is 23.7. The molecule has 0 bridgehead atoms. The molecule has 0 unspecified atom stereocenters. The number of rotatable bonds is 0. The van der Waals surface area contributed by atoms with Crippen LogP contribution in [0.5, 0.6) is 11.5 Å². The standard InChI is InChI=1S/C35H35BO2/c1-33(2,3)20-13-15-28-26(17-20)36-25-18-22-21-11-9-10-12-27(21)37-30(22)19-24(25)35(7,8)31-23(34(4,5)6)14-16-29(38-28)32(31)36/h9-19H,1-8H3. The van der Waals surface area contributed by atoms with E-state index < -0.39 is 0 Å². The fourth-order valence-electron chi connectivity index (χ4n) is 6.91. The van der Waals surface area contributed by atoms with E-state index in [4.69, 9.17) is 9.15 Å². The highest BCUT2D eigenvalue weighted by Gasteiger charge is 2.47. The Labute approximate surface area is 226 Å². The average Bonchev–Trinajstić information content (AvgIpc) is 3.21. The van der Waals surface area contributed by atoms with Crippen LogP contribution in [0.25, 0.3) is 21.9 Å². The molecule has 1 aromatic heterocycles. The molecule has 5 aromatic rings. The van der Waals surface area contributed by atoms with Gasteiger partial charge in [-0.05, 0) is 68.3 Å². The second kappa shape index (κ2) is 7.35. The van der Waals surface area contributed by atoms with E-state index in [1.54, 1.807) is 0 Å². The van der Waals surface area contributed by atoms with Gasteiger partial charge in [-0.15, -0.1) is 0 Å². The molecule has 7 rings (SSSR count). The van der Waals surface area contributed by atoms with Crippen LogP contribution in [-0.4, -0.2) is 6.71 Å². The minimum atomic E-state index is -0.213. The molecule has 0 saturated carbocycles. The van der Waals surface area contributed by atoms with Crippen LogP contribution in [0.15, 0.2) is 71.1 Å². The summed E-state index contributed by atoms with van der Waals surface area (Å²) in [4.78, 5) is 0. The van der Waals surface area contributed by atoms with Gasteiger partial charge >= 0.3 is 0 Å². The number of para-hydroxylation sites is 1. The maximum atomic E-state index is 6.69. The summed E-state index contributed by atoms with van der Waals surface area (Å²) in [7, 11) is 0. The minimum absolute atomic E-state index is 0.000680. The molecule has 0 atom stereocenters. The van der Waals surface area contributed by atoms with Gasteiger partial charge in [0, 0.05) is 16.2 Å². The van der Waals surface area contributed by atoms with E-state index in [2.05, 4.69) is 122 Å². The van der Waals surface area contributed by atoms with E-state index in [0.29, 0.717) is 0 Å². The maximum Gasteiger partial charge on any atom is 0.251 e. The Bertz CT molecular complexity index is 1790. The quantitative estimate of drug-likeness (QED) is 0.203. The summed E-state index contributed by atoms with van der Waals surface area (Å²) in [6, 6.07) is 24.5. The molecule has 190 valence electrons. The maximum absolute atomic E-state index is 6.69. The summed E-state index contributed by atoms with van der Waals surface area (Å²) >= 11 is 0. The van der Waals surface area contributed by atoms with Crippen LogP contribution in [0.3, 0.4) is 0 Å². The van der Waals surface area contributed by atoms with Crippen molar-refractivity contribution < 1.29 is 9.15 Å². The van der Waals surface area contributed by atoms with Gasteiger partial charge in [0.15, 0.2) is 0 Å². The molecule has 0 aliphatic carbocycles. The van der Waals surface area contributed by atoms with Crippen LogP contribution in [-0.2, 0) is 16.2 Å². The highest BCUT2D eigenvalue weighted by atomic mass is 16.5. The van der Waals surface area contributed by atoms with Gasteiger partial charge in [-0.1, -0.05) is 103 Å². The summed E-state index contributed by atoms with van der Waals surface area (Å²) in [5.74, 6) is 1.96.